The smallest absolute Gasteiger partial charge is 0.226 e. The molecule has 5 heteroatoms. The second-order valence-electron chi connectivity index (χ2n) is 6.45. The summed E-state index contributed by atoms with van der Waals surface area (Å²) in [6, 6.07) is 8.26. The highest BCUT2D eigenvalue weighted by molar-refractivity contribution is 7.10. The van der Waals surface area contributed by atoms with E-state index in [2.05, 4.69) is 17.5 Å². The number of ether oxygens (including phenoxy) is 2. The summed E-state index contributed by atoms with van der Waals surface area (Å²) in [5.41, 5.74) is 2.42. The lowest BCUT2D eigenvalue weighted by atomic mass is 9.98. The maximum absolute atomic E-state index is 12.8. The zero-order chi connectivity index (χ0) is 16.7. The molecule has 2 aromatic rings. The number of hydrogen-bond donors (Lipinski definition) is 0. The normalized spacial score (nSPS) is 22.0. The van der Waals surface area contributed by atoms with Crippen molar-refractivity contribution in [3.63, 3.8) is 0 Å². The zero-order valence-corrected chi connectivity index (χ0v) is 14.8. The van der Waals surface area contributed by atoms with Crippen LogP contribution in [0, 0.1) is 5.92 Å². The van der Waals surface area contributed by atoms with Gasteiger partial charge in [0, 0.05) is 29.8 Å². The molecule has 0 saturated heterocycles. The molecule has 1 amide bonds. The van der Waals surface area contributed by atoms with Crippen LogP contribution in [0.5, 0.6) is 11.5 Å². The third kappa shape index (κ3) is 2.67. The minimum atomic E-state index is 0.172. The van der Waals surface area contributed by atoms with E-state index in [4.69, 9.17) is 9.47 Å². The van der Waals surface area contributed by atoms with E-state index in [1.165, 1.54) is 16.0 Å². The standard InChI is InChI=1S/C19H21NO3S/c1-22-16-8-12-5-6-20(11-13(12)9-17(16)23-2)19(21)15-10-14(15)18-4-3-7-24-18/h3-4,7-9,14-15H,5-6,10-11H2,1-2H3. The highest BCUT2D eigenvalue weighted by Gasteiger charge is 2.46. The fourth-order valence-electron chi connectivity index (χ4n) is 3.59. The molecule has 2 heterocycles. The molecule has 1 aliphatic carbocycles. The number of nitrogens with zero attached hydrogens (tertiary/aromatic N) is 1. The number of hydrogen-bond acceptors (Lipinski definition) is 4. The third-order valence-electron chi connectivity index (χ3n) is 5.05. The number of fused-ring (bicyclic) bond motifs is 1. The van der Waals surface area contributed by atoms with Gasteiger partial charge in [-0.25, -0.2) is 0 Å². The summed E-state index contributed by atoms with van der Waals surface area (Å²) >= 11 is 1.76. The molecule has 1 saturated carbocycles. The van der Waals surface area contributed by atoms with Gasteiger partial charge in [0.05, 0.1) is 14.2 Å². The van der Waals surface area contributed by atoms with Gasteiger partial charge < -0.3 is 14.4 Å². The second kappa shape index (κ2) is 6.13. The predicted octanol–water partition coefficient (Wildman–Crippen LogP) is 3.45. The minimum absolute atomic E-state index is 0.172. The molecule has 2 unspecified atom stereocenters. The topological polar surface area (TPSA) is 38.8 Å². The summed E-state index contributed by atoms with van der Waals surface area (Å²) in [6.07, 6.45) is 1.87. The van der Waals surface area contributed by atoms with Gasteiger partial charge in [0.15, 0.2) is 11.5 Å². The molecule has 1 aromatic heterocycles. The van der Waals surface area contributed by atoms with Crippen LogP contribution in [-0.2, 0) is 17.8 Å². The molecule has 4 nitrogen and oxygen atoms in total. The molecule has 2 atom stereocenters. The Morgan fingerprint density at radius 3 is 2.62 bits per heavy atom. The number of methoxy groups -OCH3 is 2. The van der Waals surface area contributed by atoms with Gasteiger partial charge in [-0.05, 0) is 47.5 Å². The van der Waals surface area contributed by atoms with Gasteiger partial charge in [-0.2, -0.15) is 0 Å². The van der Waals surface area contributed by atoms with E-state index < -0.39 is 0 Å². The summed E-state index contributed by atoms with van der Waals surface area (Å²) in [5.74, 6) is 2.40. The Hall–Kier alpha value is -2.01. The molecule has 0 spiro atoms. The van der Waals surface area contributed by atoms with Gasteiger partial charge in [-0.15, -0.1) is 11.3 Å². The molecular formula is C19H21NO3S. The largest absolute Gasteiger partial charge is 0.493 e. The van der Waals surface area contributed by atoms with E-state index in [-0.39, 0.29) is 5.92 Å². The predicted molar refractivity (Wildman–Crippen MR) is 93.8 cm³/mol. The molecular weight excluding hydrogens is 322 g/mol. The number of thiophene rings is 1. The van der Waals surface area contributed by atoms with Crippen molar-refractivity contribution in [3.8, 4) is 11.5 Å². The summed E-state index contributed by atoms with van der Waals surface area (Å²) in [5, 5.41) is 2.09. The van der Waals surface area contributed by atoms with Crippen molar-refractivity contribution in [1.82, 2.24) is 4.90 Å². The van der Waals surface area contributed by atoms with Crippen LogP contribution in [-0.4, -0.2) is 31.6 Å². The Balaban J connectivity index is 1.49. The first-order chi connectivity index (χ1) is 11.7. The lowest BCUT2D eigenvalue weighted by Gasteiger charge is -2.30. The Bertz CT molecular complexity index is 756. The van der Waals surface area contributed by atoms with Gasteiger partial charge in [0.1, 0.15) is 0 Å². The molecule has 1 aromatic carbocycles. The summed E-state index contributed by atoms with van der Waals surface area (Å²) in [4.78, 5) is 16.2. The Kier molecular flexibility index (Phi) is 3.96. The molecule has 126 valence electrons. The van der Waals surface area contributed by atoms with Crippen molar-refractivity contribution in [2.75, 3.05) is 20.8 Å². The molecule has 1 fully saturated rings. The average Bonchev–Trinajstić information content (AvgIpc) is 3.23. The monoisotopic (exact) mass is 343 g/mol. The summed E-state index contributed by atoms with van der Waals surface area (Å²) in [7, 11) is 3.30. The van der Waals surface area contributed by atoms with Crippen LogP contribution in [0.4, 0.5) is 0 Å². The second-order valence-corrected chi connectivity index (χ2v) is 7.43. The van der Waals surface area contributed by atoms with Crippen LogP contribution < -0.4 is 9.47 Å². The van der Waals surface area contributed by atoms with E-state index in [1.54, 1.807) is 25.6 Å². The number of carbonyl (C=O) groups is 1. The molecule has 0 radical (unpaired) electrons. The number of carbonyl (C=O) groups excluding carboxylic acids is 1. The van der Waals surface area contributed by atoms with E-state index in [9.17, 15) is 4.79 Å². The quantitative estimate of drug-likeness (QED) is 0.853. The summed E-state index contributed by atoms with van der Waals surface area (Å²) in [6.45, 7) is 1.46. The average molecular weight is 343 g/mol. The highest BCUT2D eigenvalue weighted by Crippen LogP contribution is 2.50. The molecule has 1 aliphatic heterocycles. The molecule has 4 rings (SSSR count). The first kappa shape index (κ1) is 15.5. The first-order valence-corrected chi connectivity index (χ1v) is 9.15. The molecule has 24 heavy (non-hydrogen) atoms. The zero-order valence-electron chi connectivity index (χ0n) is 14.0. The van der Waals surface area contributed by atoms with Crippen molar-refractivity contribution in [1.29, 1.82) is 0 Å². The Labute approximate surface area is 146 Å². The number of rotatable bonds is 4. The maximum Gasteiger partial charge on any atom is 0.226 e. The lowest BCUT2D eigenvalue weighted by molar-refractivity contribution is -0.133. The minimum Gasteiger partial charge on any atom is -0.493 e. The third-order valence-corrected chi connectivity index (χ3v) is 6.05. The Morgan fingerprint density at radius 1 is 1.21 bits per heavy atom. The van der Waals surface area contributed by atoms with Gasteiger partial charge in [-0.3, -0.25) is 4.79 Å². The SMILES string of the molecule is COc1cc2c(cc1OC)CN(C(=O)C1CC1c1cccs1)CC2. The van der Waals surface area contributed by atoms with Gasteiger partial charge >= 0.3 is 0 Å². The van der Waals surface area contributed by atoms with Gasteiger partial charge in [-0.1, -0.05) is 6.07 Å². The van der Waals surface area contributed by atoms with Crippen molar-refractivity contribution < 1.29 is 14.3 Å². The molecule has 0 bridgehead atoms. The molecule has 2 aliphatic rings. The maximum atomic E-state index is 12.8. The van der Waals surface area contributed by atoms with Crippen LogP contribution in [0.1, 0.15) is 28.3 Å². The van der Waals surface area contributed by atoms with Crippen LogP contribution in [0.15, 0.2) is 29.6 Å². The van der Waals surface area contributed by atoms with Gasteiger partial charge in [0.2, 0.25) is 5.91 Å². The van der Waals surface area contributed by atoms with E-state index in [0.29, 0.717) is 18.4 Å². The van der Waals surface area contributed by atoms with Crippen molar-refractivity contribution >= 4 is 17.2 Å². The van der Waals surface area contributed by atoms with Crippen LogP contribution in [0.25, 0.3) is 0 Å². The van der Waals surface area contributed by atoms with Crippen molar-refractivity contribution in [3.05, 3.63) is 45.6 Å². The van der Waals surface area contributed by atoms with E-state index in [1.807, 2.05) is 17.0 Å². The Morgan fingerprint density at radius 2 is 1.96 bits per heavy atom. The summed E-state index contributed by atoms with van der Waals surface area (Å²) < 4.78 is 10.8. The van der Waals surface area contributed by atoms with Gasteiger partial charge in [0.25, 0.3) is 0 Å². The fraction of sp³-hybridized carbons (Fsp3) is 0.421. The highest BCUT2D eigenvalue weighted by atomic mass is 32.1. The van der Waals surface area contributed by atoms with E-state index in [0.717, 1.165) is 30.9 Å². The first-order valence-electron chi connectivity index (χ1n) is 8.27. The van der Waals surface area contributed by atoms with Crippen LogP contribution in [0.2, 0.25) is 0 Å². The molecule has 0 N–H and O–H groups in total. The van der Waals surface area contributed by atoms with Crippen molar-refractivity contribution in [2.24, 2.45) is 5.92 Å². The van der Waals surface area contributed by atoms with E-state index >= 15 is 0 Å². The van der Waals surface area contributed by atoms with Crippen LogP contribution in [0.3, 0.4) is 0 Å². The lowest BCUT2D eigenvalue weighted by Crippen LogP contribution is -2.37. The van der Waals surface area contributed by atoms with Crippen LogP contribution >= 0.6 is 11.3 Å². The fourth-order valence-corrected chi connectivity index (χ4v) is 4.50. The number of benzene rings is 1. The van der Waals surface area contributed by atoms with Crippen molar-refractivity contribution in [2.45, 2.75) is 25.3 Å². The number of amides is 1.